The largest absolute Gasteiger partial charge is 0.504 e. The summed E-state index contributed by atoms with van der Waals surface area (Å²) in [4.78, 5) is 24.8. The van der Waals surface area contributed by atoms with Crippen LogP contribution in [0.1, 0.15) is 16.7 Å². The van der Waals surface area contributed by atoms with Crippen LogP contribution in [0.3, 0.4) is 0 Å². The Labute approximate surface area is 168 Å². The Morgan fingerprint density at radius 3 is 2.23 bits per heavy atom. The molecule has 0 saturated carbocycles. The summed E-state index contributed by atoms with van der Waals surface area (Å²) in [7, 11) is 2.40. The second kappa shape index (κ2) is 7.94. The van der Waals surface area contributed by atoms with Crippen LogP contribution >= 0.6 is 0 Å². The monoisotopic (exact) mass is 420 g/mol. The van der Waals surface area contributed by atoms with Gasteiger partial charge in [0.05, 0.1) is 19.8 Å². The zero-order chi connectivity index (χ0) is 22.1. The Morgan fingerprint density at radius 2 is 1.67 bits per heavy atom. The van der Waals surface area contributed by atoms with Gasteiger partial charge in [-0.25, -0.2) is 9.59 Å². The van der Waals surface area contributed by atoms with E-state index in [2.05, 4.69) is 4.74 Å². The number of carbonyl (C=O) groups is 2. The van der Waals surface area contributed by atoms with E-state index in [1.165, 1.54) is 37.4 Å². The summed E-state index contributed by atoms with van der Waals surface area (Å²) in [6, 6.07) is 10.2. The molecule has 9 heteroatoms. The molecule has 2 aromatic rings. The van der Waals surface area contributed by atoms with Gasteiger partial charge >= 0.3 is 18.1 Å². The molecule has 0 atom stereocenters. The second-order valence-electron chi connectivity index (χ2n) is 6.08. The third-order valence-electron chi connectivity index (χ3n) is 4.35. The third-order valence-corrected chi connectivity index (χ3v) is 4.35. The van der Waals surface area contributed by atoms with Crippen LogP contribution in [-0.4, -0.2) is 31.3 Å². The number of methoxy groups -OCH3 is 2. The number of benzene rings is 2. The number of cyclic esters (lactones) is 1. The number of aliphatic hydroxyl groups is 1. The van der Waals surface area contributed by atoms with Gasteiger partial charge in [-0.3, -0.25) is 0 Å². The number of aliphatic hydroxyl groups excluding tert-OH is 1. The van der Waals surface area contributed by atoms with Gasteiger partial charge in [0, 0.05) is 5.56 Å². The highest BCUT2D eigenvalue weighted by Crippen LogP contribution is 2.41. The summed E-state index contributed by atoms with van der Waals surface area (Å²) in [5, 5.41) is 10.6. The van der Waals surface area contributed by atoms with Gasteiger partial charge in [-0.05, 0) is 23.8 Å². The Hall–Kier alpha value is -3.75. The number of alkyl halides is 3. The first-order valence-corrected chi connectivity index (χ1v) is 8.48. The van der Waals surface area contributed by atoms with E-state index in [1.54, 1.807) is 0 Å². The molecule has 3 rings (SSSR count). The van der Waals surface area contributed by atoms with Crippen LogP contribution in [0.5, 0.6) is 5.75 Å². The smallest absolute Gasteiger partial charge is 0.417 e. The number of halogens is 3. The van der Waals surface area contributed by atoms with Crippen molar-refractivity contribution < 1.29 is 42.1 Å². The topological polar surface area (TPSA) is 82.1 Å². The van der Waals surface area contributed by atoms with Crippen LogP contribution in [0, 0.1) is 0 Å². The molecule has 0 aliphatic carbocycles. The first-order chi connectivity index (χ1) is 14.2. The molecule has 0 saturated heterocycles. The van der Waals surface area contributed by atoms with E-state index in [0.29, 0.717) is 5.75 Å². The van der Waals surface area contributed by atoms with E-state index in [9.17, 15) is 27.9 Å². The Kier molecular flexibility index (Phi) is 5.55. The molecule has 0 bridgehead atoms. The molecule has 156 valence electrons. The van der Waals surface area contributed by atoms with Crippen LogP contribution in [0.4, 0.5) is 13.2 Å². The first-order valence-electron chi connectivity index (χ1n) is 8.48. The minimum absolute atomic E-state index is 0.224. The number of carbonyl (C=O) groups excluding carboxylic acids is 2. The van der Waals surface area contributed by atoms with Crippen molar-refractivity contribution in [3.8, 4) is 5.75 Å². The fraction of sp³-hybridized carbons (Fsp3) is 0.143. The standard InChI is InChI=1S/C21H15F3O6/c1-28-12-9-7-11(8-10-12)15-17(25)18(30-20(15)27)16(19(26)29-2)13-5-3-4-6-14(13)21(22,23)24/h3-10,25H,1-2H3/b18-16+. The molecule has 1 aliphatic rings. The maximum atomic E-state index is 13.5. The average Bonchev–Trinajstić information content (AvgIpc) is 3.01. The molecule has 30 heavy (non-hydrogen) atoms. The fourth-order valence-electron chi connectivity index (χ4n) is 2.96. The minimum atomic E-state index is -4.81. The van der Waals surface area contributed by atoms with Crippen LogP contribution < -0.4 is 4.74 Å². The van der Waals surface area contributed by atoms with Crippen molar-refractivity contribution in [1.29, 1.82) is 0 Å². The Bertz CT molecular complexity index is 1060. The summed E-state index contributed by atoms with van der Waals surface area (Å²) in [5.74, 6) is -3.25. The lowest BCUT2D eigenvalue weighted by atomic mass is 9.96. The van der Waals surface area contributed by atoms with Crippen LogP contribution in [0.2, 0.25) is 0 Å². The van der Waals surface area contributed by atoms with Crippen molar-refractivity contribution in [3.63, 3.8) is 0 Å². The number of hydrogen-bond donors (Lipinski definition) is 1. The average molecular weight is 420 g/mol. The predicted octanol–water partition coefficient (Wildman–Crippen LogP) is 4.12. The van der Waals surface area contributed by atoms with Crippen LogP contribution in [-0.2, 0) is 25.2 Å². The molecule has 1 N–H and O–H groups in total. The number of hydrogen-bond acceptors (Lipinski definition) is 6. The summed E-state index contributed by atoms with van der Waals surface area (Å²) in [5.41, 5.74) is -2.55. The first kappa shape index (κ1) is 21.0. The van der Waals surface area contributed by atoms with Crippen molar-refractivity contribution >= 4 is 23.1 Å². The molecule has 0 unspecified atom stereocenters. The van der Waals surface area contributed by atoms with E-state index in [1.807, 2.05) is 0 Å². The van der Waals surface area contributed by atoms with Crippen molar-refractivity contribution in [1.82, 2.24) is 0 Å². The lowest BCUT2D eigenvalue weighted by Gasteiger charge is -2.15. The van der Waals surface area contributed by atoms with Gasteiger partial charge in [-0.1, -0.05) is 30.3 Å². The van der Waals surface area contributed by atoms with E-state index in [-0.39, 0.29) is 11.1 Å². The van der Waals surface area contributed by atoms with Gasteiger partial charge in [0.25, 0.3) is 0 Å². The predicted molar refractivity (Wildman–Crippen MR) is 99.0 cm³/mol. The van der Waals surface area contributed by atoms with Gasteiger partial charge in [0.15, 0.2) is 11.5 Å². The molecular weight excluding hydrogens is 405 g/mol. The summed E-state index contributed by atoms with van der Waals surface area (Å²) in [6.07, 6.45) is -4.81. The highest BCUT2D eigenvalue weighted by atomic mass is 19.4. The Balaban J connectivity index is 2.26. The molecule has 0 amide bonds. The fourth-order valence-corrected chi connectivity index (χ4v) is 2.96. The van der Waals surface area contributed by atoms with Gasteiger partial charge in [-0.15, -0.1) is 0 Å². The molecule has 0 radical (unpaired) electrons. The highest BCUT2D eigenvalue weighted by Gasteiger charge is 2.40. The summed E-state index contributed by atoms with van der Waals surface area (Å²) < 4.78 is 55.1. The number of esters is 2. The van der Waals surface area contributed by atoms with E-state index < -0.39 is 46.3 Å². The van der Waals surface area contributed by atoms with Gasteiger partial charge in [0.2, 0.25) is 0 Å². The highest BCUT2D eigenvalue weighted by molar-refractivity contribution is 6.25. The van der Waals surface area contributed by atoms with Crippen molar-refractivity contribution in [3.05, 3.63) is 76.7 Å². The lowest BCUT2D eigenvalue weighted by Crippen LogP contribution is -2.15. The summed E-state index contributed by atoms with van der Waals surface area (Å²) >= 11 is 0. The number of rotatable bonds is 4. The maximum Gasteiger partial charge on any atom is 0.417 e. The Morgan fingerprint density at radius 1 is 1.03 bits per heavy atom. The molecule has 1 aliphatic heterocycles. The zero-order valence-corrected chi connectivity index (χ0v) is 15.7. The SMILES string of the molecule is COC(=O)/C(=C1/OC(=O)C(c2ccc(OC)cc2)=C1O)c1ccccc1C(F)(F)F. The van der Waals surface area contributed by atoms with Crippen molar-refractivity contribution in [2.75, 3.05) is 14.2 Å². The van der Waals surface area contributed by atoms with E-state index in [0.717, 1.165) is 25.3 Å². The quantitative estimate of drug-likeness (QED) is 0.592. The molecule has 0 fully saturated rings. The van der Waals surface area contributed by atoms with E-state index in [4.69, 9.17) is 9.47 Å². The van der Waals surface area contributed by atoms with Gasteiger partial charge in [0.1, 0.15) is 16.9 Å². The van der Waals surface area contributed by atoms with Crippen molar-refractivity contribution in [2.24, 2.45) is 0 Å². The zero-order valence-electron chi connectivity index (χ0n) is 15.7. The number of ether oxygens (including phenoxy) is 3. The van der Waals surface area contributed by atoms with Crippen LogP contribution in [0.15, 0.2) is 60.0 Å². The minimum Gasteiger partial charge on any atom is -0.504 e. The molecule has 0 spiro atoms. The van der Waals surface area contributed by atoms with Gasteiger partial charge < -0.3 is 19.3 Å². The lowest BCUT2D eigenvalue weighted by molar-refractivity contribution is -0.138. The third kappa shape index (κ3) is 3.73. The molecular formula is C21H15F3O6. The molecule has 0 aromatic heterocycles. The molecule has 6 nitrogen and oxygen atoms in total. The second-order valence-corrected chi connectivity index (χ2v) is 6.08. The van der Waals surface area contributed by atoms with Crippen molar-refractivity contribution in [2.45, 2.75) is 6.18 Å². The molecule has 2 aromatic carbocycles. The van der Waals surface area contributed by atoms with Gasteiger partial charge in [-0.2, -0.15) is 13.2 Å². The van der Waals surface area contributed by atoms with Crippen LogP contribution in [0.25, 0.3) is 11.1 Å². The maximum absolute atomic E-state index is 13.5. The normalized spacial score (nSPS) is 15.7. The summed E-state index contributed by atoms with van der Waals surface area (Å²) in [6.45, 7) is 0. The van der Waals surface area contributed by atoms with E-state index >= 15 is 0 Å². The molecule has 1 heterocycles.